The number of H-pyrrole nitrogens is 1. The predicted octanol–water partition coefficient (Wildman–Crippen LogP) is 1.63. The summed E-state index contributed by atoms with van der Waals surface area (Å²) in [6.45, 7) is 2.72. The van der Waals surface area contributed by atoms with Crippen molar-refractivity contribution in [2.24, 2.45) is 0 Å². The number of nitrogens with one attached hydrogen (secondary N) is 2. The monoisotopic (exact) mass is 430 g/mol. The van der Waals surface area contributed by atoms with E-state index in [0.717, 1.165) is 78.7 Å². The molecule has 8 nitrogen and oxygen atoms in total. The third kappa shape index (κ3) is 3.17. The third-order valence-electron chi connectivity index (χ3n) is 7.12. The topological polar surface area (TPSA) is 94.2 Å². The molecule has 3 aromatic heterocycles. The highest BCUT2D eigenvalue weighted by Crippen LogP contribution is 2.40. The van der Waals surface area contributed by atoms with Crippen LogP contribution in [-0.2, 0) is 19.4 Å². The van der Waals surface area contributed by atoms with Crippen LogP contribution in [0.2, 0.25) is 0 Å². The van der Waals surface area contributed by atoms with Gasteiger partial charge in [0, 0.05) is 50.5 Å². The highest BCUT2D eigenvalue weighted by atomic mass is 16.1. The first-order chi connectivity index (χ1) is 15.6. The van der Waals surface area contributed by atoms with Gasteiger partial charge < -0.3 is 15.2 Å². The fourth-order valence-electron chi connectivity index (χ4n) is 5.42. The van der Waals surface area contributed by atoms with Crippen molar-refractivity contribution in [2.75, 3.05) is 25.0 Å². The minimum absolute atomic E-state index is 0.0517. The van der Waals surface area contributed by atoms with E-state index in [-0.39, 0.29) is 11.5 Å². The van der Waals surface area contributed by atoms with Crippen LogP contribution in [0.1, 0.15) is 40.0 Å². The largest absolute Gasteiger partial charge is 0.364 e. The van der Waals surface area contributed by atoms with Crippen LogP contribution < -0.4 is 15.8 Å². The minimum Gasteiger partial charge on any atom is -0.364 e. The SMILES string of the molecule is CNC(=O)c1ccc(N2CCN(Cc3cnc4c5c(c(=O)[nH]c4c3)CCC5)[C@@H]3C[C@@H]32)cn1. The van der Waals surface area contributed by atoms with Gasteiger partial charge in [0.15, 0.2) is 0 Å². The van der Waals surface area contributed by atoms with Crippen molar-refractivity contribution in [1.29, 1.82) is 0 Å². The summed E-state index contributed by atoms with van der Waals surface area (Å²) in [4.78, 5) is 41.2. The Labute approximate surface area is 185 Å². The summed E-state index contributed by atoms with van der Waals surface area (Å²) in [7, 11) is 1.61. The molecule has 8 heteroatoms. The number of carbonyl (C=O) groups is 1. The van der Waals surface area contributed by atoms with E-state index in [1.54, 1.807) is 19.3 Å². The molecule has 1 saturated heterocycles. The number of aromatic amines is 1. The van der Waals surface area contributed by atoms with Crippen molar-refractivity contribution in [3.8, 4) is 0 Å². The third-order valence-corrected chi connectivity index (χ3v) is 7.12. The lowest BCUT2D eigenvalue weighted by atomic mass is 10.1. The second kappa shape index (κ2) is 7.41. The van der Waals surface area contributed by atoms with Crippen LogP contribution in [0.15, 0.2) is 35.4 Å². The van der Waals surface area contributed by atoms with Gasteiger partial charge in [0.2, 0.25) is 0 Å². The Morgan fingerprint density at radius 3 is 2.84 bits per heavy atom. The van der Waals surface area contributed by atoms with Crippen molar-refractivity contribution in [3.63, 3.8) is 0 Å². The van der Waals surface area contributed by atoms with Crippen molar-refractivity contribution >= 4 is 22.6 Å². The first-order valence-electron chi connectivity index (χ1n) is 11.3. The predicted molar refractivity (Wildman–Crippen MR) is 122 cm³/mol. The molecule has 0 bridgehead atoms. The van der Waals surface area contributed by atoms with Gasteiger partial charge in [0.05, 0.1) is 22.9 Å². The number of rotatable bonds is 4. The molecule has 6 rings (SSSR count). The molecule has 3 aliphatic rings. The maximum Gasteiger partial charge on any atom is 0.269 e. The van der Waals surface area contributed by atoms with E-state index in [2.05, 4.69) is 31.2 Å². The van der Waals surface area contributed by atoms with Gasteiger partial charge in [0.1, 0.15) is 5.69 Å². The number of aryl methyl sites for hydroxylation is 1. The molecule has 2 fully saturated rings. The second-order valence-corrected chi connectivity index (χ2v) is 9.02. The van der Waals surface area contributed by atoms with E-state index in [9.17, 15) is 9.59 Å². The summed E-state index contributed by atoms with van der Waals surface area (Å²) in [6.07, 6.45) is 7.76. The summed E-state index contributed by atoms with van der Waals surface area (Å²) < 4.78 is 0. The van der Waals surface area contributed by atoms with Gasteiger partial charge in [-0.15, -0.1) is 0 Å². The summed E-state index contributed by atoms with van der Waals surface area (Å²) in [5.41, 5.74) is 6.59. The van der Waals surface area contributed by atoms with Crippen LogP contribution in [0.25, 0.3) is 11.0 Å². The highest BCUT2D eigenvalue weighted by molar-refractivity contribution is 5.92. The molecule has 0 aromatic carbocycles. The van der Waals surface area contributed by atoms with Gasteiger partial charge in [-0.3, -0.25) is 19.5 Å². The van der Waals surface area contributed by atoms with E-state index in [0.29, 0.717) is 17.8 Å². The maximum atomic E-state index is 12.4. The fraction of sp³-hybridized carbons (Fsp3) is 0.417. The number of aromatic nitrogens is 3. The molecule has 1 saturated carbocycles. The van der Waals surface area contributed by atoms with Gasteiger partial charge in [-0.05, 0) is 55.0 Å². The van der Waals surface area contributed by atoms with E-state index >= 15 is 0 Å². The Morgan fingerprint density at radius 1 is 1.16 bits per heavy atom. The number of pyridine rings is 3. The quantitative estimate of drug-likeness (QED) is 0.654. The standard InChI is InChI=1S/C24H26N6O2/c1-25-24(32)18-6-5-15(12-26-18)30-8-7-29(20-10-21(20)30)13-14-9-19-22(27-11-14)16-3-2-4-17(16)23(31)28-19/h5-6,9,11-12,20-21H,2-4,7-8,10,13H2,1H3,(H,25,32)(H,28,31)/t20-,21+/m1/s1. The van der Waals surface area contributed by atoms with Crippen LogP contribution in [0.5, 0.6) is 0 Å². The number of hydrogen-bond acceptors (Lipinski definition) is 6. The summed E-state index contributed by atoms with van der Waals surface area (Å²) in [6, 6.07) is 6.87. The van der Waals surface area contributed by atoms with Gasteiger partial charge in [-0.1, -0.05) is 0 Å². The molecule has 2 atom stereocenters. The average molecular weight is 431 g/mol. The number of carbonyl (C=O) groups excluding carboxylic acids is 1. The Bertz CT molecular complexity index is 1270. The zero-order valence-electron chi connectivity index (χ0n) is 18.1. The molecule has 0 spiro atoms. The van der Waals surface area contributed by atoms with Gasteiger partial charge >= 0.3 is 0 Å². The molecule has 0 radical (unpaired) electrons. The van der Waals surface area contributed by atoms with Crippen molar-refractivity contribution < 1.29 is 4.79 Å². The van der Waals surface area contributed by atoms with Crippen LogP contribution in [0.3, 0.4) is 0 Å². The normalized spacial score (nSPS) is 22.0. The molecule has 2 N–H and O–H groups in total. The smallest absolute Gasteiger partial charge is 0.269 e. The number of nitrogens with zero attached hydrogens (tertiary/aromatic N) is 4. The first kappa shape index (κ1) is 19.4. The van der Waals surface area contributed by atoms with Gasteiger partial charge in [-0.2, -0.15) is 0 Å². The zero-order valence-corrected chi connectivity index (χ0v) is 18.1. The lowest BCUT2D eigenvalue weighted by Gasteiger charge is -2.35. The first-order valence-corrected chi connectivity index (χ1v) is 11.3. The summed E-state index contributed by atoms with van der Waals surface area (Å²) in [5, 5.41) is 2.61. The zero-order chi connectivity index (χ0) is 21.8. The number of piperazine rings is 1. The molecule has 1 aliphatic heterocycles. The number of fused-ring (bicyclic) bond motifs is 4. The molecule has 4 heterocycles. The molecule has 32 heavy (non-hydrogen) atoms. The maximum absolute atomic E-state index is 12.4. The van der Waals surface area contributed by atoms with Crippen LogP contribution in [-0.4, -0.2) is 58.0 Å². The van der Waals surface area contributed by atoms with E-state index < -0.39 is 0 Å². The average Bonchev–Trinajstić information content (AvgIpc) is 3.47. The lowest BCUT2D eigenvalue weighted by molar-refractivity contribution is 0.0958. The number of amides is 1. The lowest BCUT2D eigenvalue weighted by Crippen LogP contribution is -2.46. The van der Waals surface area contributed by atoms with E-state index in [1.807, 2.05) is 12.3 Å². The van der Waals surface area contributed by atoms with Crippen molar-refractivity contribution in [2.45, 2.75) is 44.3 Å². The molecular formula is C24H26N6O2. The number of hydrogen-bond donors (Lipinski definition) is 2. The second-order valence-electron chi connectivity index (χ2n) is 9.02. The Morgan fingerprint density at radius 2 is 2.03 bits per heavy atom. The Hall–Kier alpha value is -3.26. The van der Waals surface area contributed by atoms with E-state index in [4.69, 9.17) is 4.98 Å². The summed E-state index contributed by atoms with van der Waals surface area (Å²) in [5.74, 6) is -0.166. The molecule has 0 unspecified atom stereocenters. The van der Waals surface area contributed by atoms with Gasteiger partial charge in [-0.25, -0.2) is 4.98 Å². The highest BCUT2D eigenvalue weighted by Gasteiger charge is 2.48. The van der Waals surface area contributed by atoms with E-state index in [1.165, 1.54) is 0 Å². The number of anilines is 1. The van der Waals surface area contributed by atoms with Crippen LogP contribution in [0.4, 0.5) is 5.69 Å². The minimum atomic E-state index is -0.166. The Balaban J connectivity index is 1.17. The fourth-order valence-corrected chi connectivity index (χ4v) is 5.42. The summed E-state index contributed by atoms with van der Waals surface area (Å²) >= 11 is 0. The van der Waals surface area contributed by atoms with Crippen molar-refractivity contribution in [1.82, 2.24) is 25.2 Å². The van der Waals surface area contributed by atoms with Crippen LogP contribution >= 0.6 is 0 Å². The molecule has 2 aliphatic carbocycles. The molecular weight excluding hydrogens is 404 g/mol. The van der Waals surface area contributed by atoms with Crippen LogP contribution in [0, 0.1) is 0 Å². The van der Waals surface area contributed by atoms with Gasteiger partial charge in [0.25, 0.3) is 11.5 Å². The Kier molecular flexibility index (Phi) is 4.50. The van der Waals surface area contributed by atoms with Crippen molar-refractivity contribution in [3.05, 3.63) is 63.3 Å². The molecule has 164 valence electrons. The molecule has 1 amide bonds. The molecule has 3 aromatic rings.